The first kappa shape index (κ1) is 20.6. The van der Waals surface area contributed by atoms with Crippen LogP contribution in [-0.2, 0) is 17.8 Å². The molecule has 0 fully saturated rings. The number of carbonyl (C=O) groups excluding carboxylic acids is 1. The molecule has 2 aromatic heterocycles. The summed E-state index contributed by atoms with van der Waals surface area (Å²) in [7, 11) is 0. The topological polar surface area (TPSA) is 81.4 Å². The third kappa shape index (κ3) is 5.02. The monoisotopic (exact) mass is 394 g/mol. The van der Waals surface area contributed by atoms with Crippen molar-refractivity contribution in [3.05, 3.63) is 69.8 Å². The summed E-state index contributed by atoms with van der Waals surface area (Å²) in [5.74, 6) is 0.295. The third-order valence-electron chi connectivity index (χ3n) is 4.86. The van der Waals surface area contributed by atoms with Crippen LogP contribution in [0.15, 0.2) is 51.9 Å². The van der Waals surface area contributed by atoms with Gasteiger partial charge in [-0.25, -0.2) is 4.79 Å². The number of ether oxygens (including phenoxy) is 1. The highest BCUT2D eigenvalue weighted by atomic mass is 16.5. The predicted octanol–water partition coefficient (Wildman–Crippen LogP) is 3.92. The van der Waals surface area contributed by atoms with Gasteiger partial charge >= 0.3 is 5.63 Å². The zero-order valence-electron chi connectivity index (χ0n) is 17.0. The number of aromatic nitrogens is 1. The average Bonchev–Trinajstić information content (AvgIpc) is 2.73. The Bertz CT molecular complexity index is 1040. The standard InChI is InChI=1S/C23H26N2O4/c1-4-5-8-18-12-21(26)29-22-15(2)20(10-9-19(18)22)28-16(3)23(27)25-14-17-7-6-11-24-13-17/h6-7,9-13,16H,4-5,8,14H2,1-3H3,(H,25,27)/t16-/m1/s1. The summed E-state index contributed by atoms with van der Waals surface area (Å²) in [6.45, 7) is 6.03. The molecule has 3 rings (SSSR count). The van der Waals surface area contributed by atoms with Gasteiger partial charge in [0.15, 0.2) is 6.10 Å². The van der Waals surface area contributed by atoms with Gasteiger partial charge in [-0.15, -0.1) is 0 Å². The van der Waals surface area contributed by atoms with Crippen molar-refractivity contribution in [2.75, 3.05) is 0 Å². The van der Waals surface area contributed by atoms with E-state index in [4.69, 9.17) is 9.15 Å². The van der Waals surface area contributed by atoms with Gasteiger partial charge < -0.3 is 14.5 Å². The molecule has 1 aromatic carbocycles. The van der Waals surface area contributed by atoms with E-state index in [9.17, 15) is 9.59 Å². The number of carbonyl (C=O) groups is 1. The minimum absolute atomic E-state index is 0.230. The molecule has 6 nitrogen and oxygen atoms in total. The summed E-state index contributed by atoms with van der Waals surface area (Å²) in [6, 6.07) is 9.00. The van der Waals surface area contributed by atoms with Gasteiger partial charge in [0.25, 0.3) is 5.91 Å². The summed E-state index contributed by atoms with van der Waals surface area (Å²) >= 11 is 0. The maximum absolute atomic E-state index is 12.4. The molecular weight excluding hydrogens is 368 g/mol. The summed E-state index contributed by atoms with van der Waals surface area (Å²) in [6.07, 6.45) is 5.57. The van der Waals surface area contributed by atoms with Crippen molar-refractivity contribution in [2.24, 2.45) is 0 Å². The second-order valence-corrected chi connectivity index (χ2v) is 7.10. The van der Waals surface area contributed by atoms with Crippen LogP contribution >= 0.6 is 0 Å². The minimum Gasteiger partial charge on any atom is -0.480 e. The van der Waals surface area contributed by atoms with Gasteiger partial charge in [0, 0.05) is 36.0 Å². The van der Waals surface area contributed by atoms with Crippen LogP contribution in [0, 0.1) is 6.92 Å². The Morgan fingerprint density at radius 2 is 2.14 bits per heavy atom. The number of hydrogen-bond donors (Lipinski definition) is 1. The Morgan fingerprint density at radius 1 is 1.31 bits per heavy atom. The molecule has 0 aliphatic heterocycles. The number of rotatable bonds is 8. The Morgan fingerprint density at radius 3 is 2.86 bits per heavy atom. The predicted molar refractivity (Wildman–Crippen MR) is 112 cm³/mol. The molecule has 0 radical (unpaired) electrons. The van der Waals surface area contributed by atoms with Gasteiger partial charge in [0.1, 0.15) is 11.3 Å². The van der Waals surface area contributed by atoms with E-state index < -0.39 is 6.10 Å². The lowest BCUT2D eigenvalue weighted by molar-refractivity contribution is -0.127. The van der Waals surface area contributed by atoms with E-state index in [1.165, 1.54) is 0 Å². The molecule has 29 heavy (non-hydrogen) atoms. The number of nitrogens with zero attached hydrogens (tertiary/aromatic N) is 1. The second-order valence-electron chi connectivity index (χ2n) is 7.10. The molecule has 0 aliphatic carbocycles. The number of unbranched alkanes of at least 4 members (excludes halogenated alkanes) is 1. The lowest BCUT2D eigenvalue weighted by Gasteiger charge is -2.17. The molecule has 1 N–H and O–H groups in total. The molecule has 2 heterocycles. The van der Waals surface area contributed by atoms with Crippen molar-refractivity contribution < 1.29 is 13.9 Å². The van der Waals surface area contributed by atoms with Gasteiger partial charge in [-0.1, -0.05) is 19.4 Å². The Kier molecular flexibility index (Phi) is 6.65. The first-order valence-corrected chi connectivity index (χ1v) is 9.89. The molecule has 0 unspecified atom stereocenters. The van der Waals surface area contributed by atoms with Gasteiger partial charge in [-0.05, 0) is 56.0 Å². The van der Waals surface area contributed by atoms with E-state index in [0.29, 0.717) is 23.4 Å². The molecule has 0 bridgehead atoms. The molecule has 0 saturated carbocycles. The van der Waals surface area contributed by atoms with Gasteiger partial charge in [-0.2, -0.15) is 0 Å². The van der Waals surface area contributed by atoms with Crippen LogP contribution in [0.4, 0.5) is 0 Å². The van der Waals surface area contributed by atoms with Crippen LogP contribution in [0.1, 0.15) is 43.4 Å². The van der Waals surface area contributed by atoms with Crippen LogP contribution in [0.3, 0.4) is 0 Å². The van der Waals surface area contributed by atoms with E-state index in [2.05, 4.69) is 17.2 Å². The highest BCUT2D eigenvalue weighted by Crippen LogP contribution is 2.29. The molecule has 1 atom stereocenters. The van der Waals surface area contributed by atoms with Gasteiger partial charge in [-0.3, -0.25) is 9.78 Å². The van der Waals surface area contributed by atoms with Crippen LogP contribution in [0.25, 0.3) is 11.0 Å². The molecule has 152 valence electrons. The number of nitrogens with one attached hydrogen (secondary N) is 1. The first-order chi connectivity index (χ1) is 14.0. The summed E-state index contributed by atoms with van der Waals surface area (Å²) in [5, 5.41) is 3.75. The zero-order valence-corrected chi connectivity index (χ0v) is 17.0. The fourth-order valence-electron chi connectivity index (χ4n) is 3.19. The Hall–Kier alpha value is -3.15. The van der Waals surface area contributed by atoms with Crippen molar-refractivity contribution in [2.45, 2.75) is 52.7 Å². The fraction of sp³-hybridized carbons (Fsp3) is 0.348. The van der Waals surface area contributed by atoms with Gasteiger partial charge in [0.05, 0.1) is 0 Å². The van der Waals surface area contributed by atoms with Crippen LogP contribution < -0.4 is 15.7 Å². The SMILES string of the molecule is CCCCc1cc(=O)oc2c(C)c(O[C@H](C)C(=O)NCc3cccnc3)ccc12. The normalized spacial score (nSPS) is 12.0. The lowest BCUT2D eigenvalue weighted by Crippen LogP contribution is -2.36. The van der Waals surface area contributed by atoms with E-state index in [0.717, 1.165) is 35.8 Å². The average molecular weight is 394 g/mol. The molecule has 1 amide bonds. The number of pyridine rings is 1. The molecule has 3 aromatic rings. The Labute approximate surface area is 169 Å². The number of benzene rings is 1. The van der Waals surface area contributed by atoms with E-state index >= 15 is 0 Å². The third-order valence-corrected chi connectivity index (χ3v) is 4.86. The number of amides is 1. The summed E-state index contributed by atoms with van der Waals surface area (Å²) in [4.78, 5) is 28.4. The smallest absolute Gasteiger partial charge is 0.336 e. The zero-order chi connectivity index (χ0) is 20.8. The largest absolute Gasteiger partial charge is 0.480 e. The van der Waals surface area contributed by atoms with Crippen molar-refractivity contribution in [1.82, 2.24) is 10.3 Å². The molecule has 0 spiro atoms. The number of hydrogen-bond acceptors (Lipinski definition) is 5. The minimum atomic E-state index is -0.696. The van der Waals surface area contributed by atoms with Crippen molar-refractivity contribution in [3.8, 4) is 5.75 Å². The highest BCUT2D eigenvalue weighted by Gasteiger charge is 2.18. The lowest BCUT2D eigenvalue weighted by atomic mass is 10.0. The molecular formula is C23H26N2O4. The summed E-state index contributed by atoms with van der Waals surface area (Å²) in [5.41, 5.74) is 2.76. The van der Waals surface area contributed by atoms with E-state index in [-0.39, 0.29) is 11.5 Å². The second kappa shape index (κ2) is 9.37. The van der Waals surface area contributed by atoms with E-state index in [1.807, 2.05) is 31.2 Å². The maximum Gasteiger partial charge on any atom is 0.336 e. The van der Waals surface area contributed by atoms with Crippen LogP contribution in [0.2, 0.25) is 0 Å². The molecule has 0 saturated heterocycles. The van der Waals surface area contributed by atoms with Crippen molar-refractivity contribution in [3.63, 3.8) is 0 Å². The Balaban J connectivity index is 1.76. The van der Waals surface area contributed by atoms with Crippen LogP contribution in [-0.4, -0.2) is 17.0 Å². The fourth-order valence-corrected chi connectivity index (χ4v) is 3.19. The first-order valence-electron chi connectivity index (χ1n) is 9.89. The molecule has 6 heteroatoms. The maximum atomic E-state index is 12.4. The van der Waals surface area contributed by atoms with Gasteiger partial charge in [0.2, 0.25) is 0 Å². The quantitative estimate of drug-likeness (QED) is 0.586. The highest BCUT2D eigenvalue weighted by molar-refractivity contribution is 5.85. The van der Waals surface area contributed by atoms with Crippen molar-refractivity contribution >= 4 is 16.9 Å². The number of aryl methyl sites for hydroxylation is 2. The van der Waals surface area contributed by atoms with Crippen molar-refractivity contribution in [1.29, 1.82) is 0 Å². The van der Waals surface area contributed by atoms with Crippen LogP contribution in [0.5, 0.6) is 5.75 Å². The summed E-state index contributed by atoms with van der Waals surface area (Å²) < 4.78 is 11.3. The number of fused-ring (bicyclic) bond motifs is 1. The molecule has 0 aliphatic rings. The van der Waals surface area contributed by atoms with E-state index in [1.54, 1.807) is 25.4 Å².